The van der Waals surface area contributed by atoms with Gasteiger partial charge in [-0.2, -0.15) is 0 Å². The molecule has 0 aromatic heterocycles. The van der Waals surface area contributed by atoms with Gasteiger partial charge in [0.2, 0.25) is 0 Å². The molecule has 2 heteroatoms. The second kappa shape index (κ2) is 5.91. The molecule has 1 aliphatic rings. The third-order valence-electron chi connectivity index (χ3n) is 4.20. The summed E-state index contributed by atoms with van der Waals surface area (Å²) in [4.78, 5) is 0. The van der Waals surface area contributed by atoms with Crippen LogP contribution in [0, 0.1) is 28.2 Å². The van der Waals surface area contributed by atoms with Crippen LogP contribution in [-0.2, 0) is 0 Å². The molecule has 0 spiro atoms. The Morgan fingerprint density at radius 3 is 2.39 bits per heavy atom. The smallest absolute Gasteiger partial charge is 0.0828 e. The zero-order valence-corrected chi connectivity index (χ0v) is 13.6. The second-order valence-corrected chi connectivity index (χ2v) is 7.18. The van der Waals surface area contributed by atoms with Crippen molar-refractivity contribution in [3.8, 4) is 0 Å². The molecule has 1 aromatic carbocycles. The van der Waals surface area contributed by atoms with E-state index in [0.29, 0.717) is 5.92 Å². The first-order valence-corrected chi connectivity index (χ1v) is 8.00. The topological polar surface area (TPSA) is 20.2 Å². The number of benzene rings is 1. The van der Waals surface area contributed by atoms with Crippen LogP contribution in [0.1, 0.15) is 50.3 Å². The van der Waals surface area contributed by atoms with Gasteiger partial charge < -0.3 is 5.11 Å². The van der Waals surface area contributed by atoms with Crippen molar-refractivity contribution in [2.24, 2.45) is 17.8 Å². The van der Waals surface area contributed by atoms with Gasteiger partial charge in [0, 0.05) is 3.57 Å². The Bertz CT molecular complexity index is 406. The molecule has 2 rings (SSSR count). The highest BCUT2D eigenvalue weighted by Gasteiger charge is 2.30. The molecule has 1 N–H and O–H groups in total. The predicted octanol–water partition coefficient (Wildman–Crippen LogP) is 4.71. The highest BCUT2D eigenvalue weighted by molar-refractivity contribution is 14.1. The van der Waals surface area contributed by atoms with Gasteiger partial charge in [-0.25, -0.2) is 0 Å². The molecule has 1 fully saturated rings. The summed E-state index contributed by atoms with van der Waals surface area (Å²) in [6.07, 6.45) is 3.35. The summed E-state index contributed by atoms with van der Waals surface area (Å²) in [7, 11) is 0. The summed E-state index contributed by atoms with van der Waals surface area (Å²) in [5, 5.41) is 10.7. The van der Waals surface area contributed by atoms with E-state index in [1.54, 1.807) is 0 Å². The average Bonchev–Trinajstić information content (AvgIpc) is 2.30. The van der Waals surface area contributed by atoms with Crippen LogP contribution in [0.2, 0.25) is 0 Å². The molecule has 0 saturated heterocycles. The zero-order valence-electron chi connectivity index (χ0n) is 11.5. The van der Waals surface area contributed by atoms with Crippen molar-refractivity contribution in [3.63, 3.8) is 0 Å². The number of hydrogen-bond acceptors (Lipinski definition) is 1. The van der Waals surface area contributed by atoms with E-state index in [2.05, 4.69) is 61.6 Å². The summed E-state index contributed by atoms with van der Waals surface area (Å²) in [5.74, 6) is 1.92. The summed E-state index contributed by atoms with van der Waals surface area (Å²) in [6.45, 7) is 6.75. The van der Waals surface area contributed by atoms with Crippen LogP contribution in [0.3, 0.4) is 0 Å². The van der Waals surface area contributed by atoms with Crippen LogP contribution >= 0.6 is 22.6 Å². The third-order valence-corrected chi connectivity index (χ3v) is 5.68. The van der Waals surface area contributed by atoms with Gasteiger partial charge in [-0.3, -0.25) is 0 Å². The highest BCUT2D eigenvalue weighted by atomic mass is 127. The Balaban J connectivity index is 2.20. The van der Waals surface area contributed by atoms with Gasteiger partial charge in [0.05, 0.1) is 6.10 Å². The van der Waals surface area contributed by atoms with Crippen molar-refractivity contribution in [1.29, 1.82) is 0 Å². The largest absolute Gasteiger partial charge is 0.388 e. The van der Waals surface area contributed by atoms with Gasteiger partial charge in [-0.1, -0.05) is 32.0 Å². The normalized spacial score (nSPS) is 30.2. The third kappa shape index (κ3) is 3.08. The summed E-state index contributed by atoms with van der Waals surface area (Å²) in [5.41, 5.74) is 2.39. The van der Waals surface area contributed by atoms with Crippen LogP contribution in [0.25, 0.3) is 0 Å². The standard InChI is InChI=1S/C16H23IO/c1-10-7-11(2)9-13(8-10)16(18)14-6-4-5-12(3)15(14)17/h4-6,10-11,13,16,18H,7-9H2,1-3H3. The maximum Gasteiger partial charge on any atom is 0.0828 e. The van der Waals surface area contributed by atoms with Gasteiger partial charge in [0.1, 0.15) is 0 Å². The van der Waals surface area contributed by atoms with E-state index in [-0.39, 0.29) is 6.10 Å². The Kier molecular flexibility index (Phi) is 4.70. The molecule has 3 atom stereocenters. The number of hydrogen-bond donors (Lipinski definition) is 1. The van der Waals surface area contributed by atoms with E-state index in [0.717, 1.165) is 30.2 Å². The Morgan fingerprint density at radius 2 is 1.78 bits per heavy atom. The van der Waals surface area contributed by atoms with Crippen molar-refractivity contribution < 1.29 is 5.11 Å². The predicted molar refractivity (Wildman–Crippen MR) is 84.5 cm³/mol. The molecule has 0 radical (unpaired) electrons. The van der Waals surface area contributed by atoms with Crippen LogP contribution < -0.4 is 0 Å². The number of aliphatic hydroxyl groups excluding tert-OH is 1. The molecule has 100 valence electrons. The molecule has 0 amide bonds. The second-order valence-electron chi connectivity index (χ2n) is 6.10. The molecule has 3 unspecified atom stereocenters. The maximum atomic E-state index is 10.7. The molecular formula is C16H23IO. The molecule has 1 saturated carbocycles. The summed E-state index contributed by atoms with van der Waals surface area (Å²) in [6, 6.07) is 6.26. The van der Waals surface area contributed by atoms with Crippen molar-refractivity contribution in [2.75, 3.05) is 0 Å². The van der Waals surface area contributed by atoms with Crippen molar-refractivity contribution in [1.82, 2.24) is 0 Å². The van der Waals surface area contributed by atoms with Gasteiger partial charge >= 0.3 is 0 Å². The molecule has 1 aromatic rings. The molecular weight excluding hydrogens is 335 g/mol. The lowest BCUT2D eigenvalue weighted by atomic mass is 9.73. The monoisotopic (exact) mass is 358 g/mol. The van der Waals surface area contributed by atoms with Gasteiger partial charge in [0.15, 0.2) is 0 Å². The first-order chi connectivity index (χ1) is 8.49. The Hall–Kier alpha value is -0.0900. The van der Waals surface area contributed by atoms with Crippen LogP contribution in [-0.4, -0.2) is 5.11 Å². The summed E-state index contributed by atoms with van der Waals surface area (Å²) >= 11 is 2.37. The first-order valence-electron chi connectivity index (χ1n) is 6.92. The fourth-order valence-electron chi connectivity index (χ4n) is 3.42. The zero-order chi connectivity index (χ0) is 13.3. The molecule has 18 heavy (non-hydrogen) atoms. The number of aliphatic hydroxyl groups is 1. The fraction of sp³-hybridized carbons (Fsp3) is 0.625. The summed E-state index contributed by atoms with van der Waals surface area (Å²) < 4.78 is 1.23. The molecule has 1 aliphatic carbocycles. The van der Waals surface area contributed by atoms with Crippen molar-refractivity contribution in [2.45, 2.75) is 46.1 Å². The van der Waals surface area contributed by atoms with Gasteiger partial charge in [-0.05, 0) is 77.7 Å². The maximum absolute atomic E-state index is 10.7. The van der Waals surface area contributed by atoms with Crippen LogP contribution in [0.15, 0.2) is 18.2 Å². The lowest BCUT2D eigenvalue weighted by Gasteiger charge is -2.34. The molecule has 1 nitrogen and oxygen atoms in total. The van der Waals surface area contributed by atoms with E-state index < -0.39 is 0 Å². The van der Waals surface area contributed by atoms with E-state index in [1.807, 2.05) is 0 Å². The van der Waals surface area contributed by atoms with E-state index in [1.165, 1.54) is 15.6 Å². The minimum atomic E-state index is -0.290. The lowest BCUT2D eigenvalue weighted by molar-refractivity contribution is 0.0546. The Morgan fingerprint density at radius 1 is 1.17 bits per heavy atom. The minimum absolute atomic E-state index is 0.290. The number of aryl methyl sites for hydroxylation is 1. The quantitative estimate of drug-likeness (QED) is 0.760. The number of rotatable bonds is 2. The van der Waals surface area contributed by atoms with Gasteiger partial charge in [-0.15, -0.1) is 0 Å². The molecule has 0 aliphatic heterocycles. The number of halogens is 1. The molecule has 0 bridgehead atoms. The van der Waals surface area contributed by atoms with Crippen LogP contribution in [0.5, 0.6) is 0 Å². The fourth-order valence-corrected chi connectivity index (χ4v) is 4.10. The van der Waals surface area contributed by atoms with E-state index >= 15 is 0 Å². The average molecular weight is 358 g/mol. The lowest BCUT2D eigenvalue weighted by Crippen LogP contribution is -2.25. The first kappa shape index (κ1) is 14.3. The SMILES string of the molecule is Cc1cccc(C(O)C2CC(C)CC(C)C2)c1I. The Labute approximate surface area is 124 Å². The molecule has 0 heterocycles. The van der Waals surface area contributed by atoms with E-state index in [4.69, 9.17) is 0 Å². The van der Waals surface area contributed by atoms with Crippen molar-refractivity contribution in [3.05, 3.63) is 32.9 Å². The van der Waals surface area contributed by atoms with Crippen molar-refractivity contribution >= 4 is 22.6 Å². The van der Waals surface area contributed by atoms with Gasteiger partial charge in [0.25, 0.3) is 0 Å². The van der Waals surface area contributed by atoms with E-state index in [9.17, 15) is 5.11 Å². The minimum Gasteiger partial charge on any atom is -0.388 e. The highest BCUT2D eigenvalue weighted by Crippen LogP contribution is 2.40. The van der Waals surface area contributed by atoms with Crippen LogP contribution in [0.4, 0.5) is 0 Å².